The van der Waals surface area contributed by atoms with E-state index < -0.39 is 9.85 Å². The van der Waals surface area contributed by atoms with Gasteiger partial charge in [-0.2, -0.15) is 0 Å². The minimum atomic E-state index is -0.417. The van der Waals surface area contributed by atoms with Gasteiger partial charge in [0, 0.05) is 82.7 Å². The van der Waals surface area contributed by atoms with Crippen molar-refractivity contribution in [2.24, 2.45) is 0 Å². The number of anilines is 2. The van der Waals surface area contributed by atoms with Gasteiger partial charge in [-0.1, -0.05) is 0 Å². The van der Waals surface area contributed by atoms with E-state index in [9.17, 15) is 29.8 Å². The summed E-state index contributed by atoms with van der Waals surface area (Å²) in [5.41, 5.74) is 2.08. The molecule has 1 N–H and O–H groups in total. The SMILES string of the molecule is CC(=O)N(C)C1CN(c2ccc([N+](=O)[O-])cc2)C1.CC(=O)NC1CN(c2ccc([N+](=O)[O-])cc2)C1. The van der Waals surface area contributed by atoms with Crippen molar-refractivity contribution >= 4 is 34.6 Å². The second-order valence-corrected chi connectivity index (χ2v) is 8.54. The van der Waals surface area contributed by atoms with Crippen LogP contribution in [0.5, 0.6) is 0 Å². The Hall–Kier alpha value is -4.22. The van der Waals surface area contributed by atoms with Crippen molar-refractivity contribution in [2.45, 2.75) is 25.9 Å². The first kappa shape index (κ1) is 25.4. The molecule has 0 atom stereocenters. The molecule has 2 aliphatic heterocycles. The lowest BCUT2D eigenvalue weighted by Gasteiger charge is -2.45. The molecule has 0 radical (unpaired) electrons. The van der Waals surface area contributed by atoms with Crippen molar-refractivity contribution in [1.82, 2.24) is 10.2 Å². The van der Waals surface area contributed by atoms with Crippen LogP contribution in [-0.2, 0) is 9.59 Å². The Kier molecular flexibility index (Phi) is 7.84. The molecular formula is C23H28N6O6. The summed E-state index contributed by atoms with van der Waals surface area (Å²) in [5, 5.41) is 23.8. The predicted octanol–water partition coefficient (Wildman–Crippen LogP) is 2.18. The van der Waals surface area contributed by atoms with E-state index in [0.29, 0.717) is 0 Å². The van der Waals surface area contributed by atoms with Crippen molar-refractivity contribution in [3.8, 4) is 0 Å². The highest BCUT2D eigenvalue weighted by Gasteiger charge is 2.31. The van der Waals surface area contributed by atoms with Crippen LogP contribution in [0.4, 0.5) is 22.7 Å². The minimum absolute atomic E-state index is 0.0293. The highest BCUT2D eigenvalue weighted by Crippen LogP contribution is 2.25. The minimum Gasteiger partial charge on any atom is -0.367 e. The quantitative estimate of drug-likeness (QED) is 0.486. The third-order valence-electron chi connectivity index (χ3n) is 6.05. The van der Waals surface area contributed by atoms with Crippen molar-refractivity contribution in [1.29, 1.82) is 0 Å². The molecule has 2 heterocycles. The molecule has 2 amide bonds. The molecule has 0 bridgehead atoms. The van der Waals surface area contributed by atoms with E-state index in [1.54, 1.807) is 43.1 Å². The molecule has 4 rings (SSSR count). The number of likely N-dealkylation sites (N-methyl/N-ethyl adjacent to an activating group) is 1. The van der Waals surface area contributed by atoms with Gasteiger partial charge in [0.05, 0.1) is 21.9 Å². The highest BCUT2D eigenvalue weighted by molar-refractivity contribution is 5.74. The lowest BCUT2D eigenvalue weighted by atomic mass is 10.1. The Morgan fingerprint density at radius 2 is 1.23 bits per heavy atom. The largest absolute Gasteiger partial charge is 0.367 e. The average Bonchev–Trinajstić information content (AvgIpc) is 2.75. The summed E-state index contributed by atoms with van der Waals surface area (Å²) < 4.78 is 0. The Morgan fingerprint density at radius 3 is 1.57 bits per heavy atom. The number of nitrogens with one attached hydrogen (secondary N) is 1. The number of carbonyl (C=O) groups excluding carboxylic acids is 2. The van der Waals surface area contributed by atoms with E-state index in [4.69, 9.17) is 0 Å². The van der Waals surface area contributed by atoms with Crippen LogP contribution in [0.25, 0.3) is 0 Å². The van der Waals surface area contributed by atoms with E-state index in [2.05, 4.69) is 15.1 Å². The van der Waals surface area contributed by atoms with E-state index in [0.717, 1.165) is 37.6 Å². The normalized spacial score (nSPS) is 15.2. The van der Waals surface area contributed by atoms with Gasteiger partial charge in [-0.3, -0.25) is 29.8 Å². The van der Waals surface area contributed by atoms with Crippen LogP contribution in [0.3, 0.4) is 0 Å². The molecule has 0 aromatic heterocycles. The summed E-state index contributed by atoms with van der Waals surface area (Å²) in [4.78, 5) is 48.0. The highest BCUT2D eigenvalue weighted by atomic mass is 16.6. The van der Waals surface area contributed by atoms with E-state index in [-0.39, 0.29) is 35.3 Å². The monoisotopic (exact) mass is 484 g/mol. The summed E-state index contributed by atoms with van der Waals surface area (Å²) >= 11 is 0. The first-order valence-electron chi connectivity index (χ1n) is 11.0. The van der Waals surface area contributed by atoms with Gasteiger partial charge < -0.3 is 20.0 Å². The number of nitrogens with zero attached hydrogens (tertiary/aromatic N) is 5. The number of non-ortho nitro benzene ring substituents is 2. The van der Waals surface area contributed by atoms with Crippen LogP contribution < -0.4 is 15.1 Å². The number of rotatable bonds is 6. The van der Waals surface area contributed by atoms with E-state index in [1.165, 1.54) is 31.2 Å². The third-order valence-corrected chi connectivity index (χ3v) is 6.05. The summed E-state index contributed by atoms with van der Waals surface area (Å²) in [6, 6.07) is 13.3. The Balaban J connectivity index is 0.000000196. The summed E-state index contributed by atoms with van der Waals surface area (Å²) in [5.74, 6) is 0.0294. The zero-order valence-corrected chi connectivity index (χ0v) is 19.8. The van der Waals surface area contributed by atoms with Gasteiger partial charge in [0.15, 0.2) is 0 Å². The van der Waals surface area contributed by atoms with Gasteiger partial charge in [0.25, 0.3) is 11.4 Å². The Bertz CT molecular complexity index is 1080. The third kappa shape index (κ3) is 6.43. The fraction of sp³-hybridized carbons (Fsp3) is 0.391. The Labute approximate surface area is 202 Å². The molecule has 2 saturated heterocycles. The molecular weight excluding hydrogens is 456 g/mol. The van der Waals surface area contributed by atoms with Gasteiger partial charge in [0.2, 0.25) is 11.8 Å². The van der Waals surface area contributed by atoms with Crippen LogP contribution in [-0.4, -0.2) is 71.9 Å². The average molecular weight is 485 g/mol. The van der Waals surface area contributed by atoms with Gasteiger partial charge >= 0.3 is 0 Å². The van der Waals surface area contributed by atoms with Crippen molar-refractivity contribution < 1.29 is 19.4 Å². The molecule has 0 aliphatic carbocycles. The molecule has 12 nitrogen and oxygen atoms in total. The van der Waals surface area contributed by atoms with E-state index >= 15 is 0 Å². The topological polar surface area (TPSA) is 142 Å². The van der Waals surface area contributed by atoms with Crippen LogP contribution in [0.2, 0.25) is 0 Å². The molecule has 35 heavy (non-hydrogen) atoms. The van der Waals surface area contributed by atoms with Crippen LogP contribution >= 0.6 is 0 Å². The van der Waals surface area contributed by atoms with Gasteiger partial charge in [0.1, 0.15) is 0 Å². The van der Waals surface area contributed by atoms with Gasteiger partial charge in [-0.25, -0.2) is 0 Å². The maximum Gasteiger partial charge on any atom is 0.269 e. The number of hydrogen-bond acceptors (Lipinski definition) is 8. The molecule has 2 aromatic rings. The first-order valence-corrected chi connectivity index (χ1v) is 11.0. The van der Waals surface area contributed by atoms with Crippen LogP contribution in [0, 0.1) is 20.2 Å². The van der Waals surface area contributed by atoms with Crippen LogP contribution in [0.1, 0.15) is 13.8 Å². The Morgan fingerprint density at radius 1 is 0.829 bits per heavy atom. The molecule has 0 spiro atoms. The first-order chi connectivity index (χ1) is 16.5. The number of nitro groups is 2. The number of amides is 2. The standard InChI is InChI=1S/C12H15N3O3.C11H13N3O3/c1-9(16)13(2)12-7-14(8-12)10-3-5-11(6-4-10)15(17)18;1-8(15)12-9-6-13(7-9)10-2-4-11(5-3-10)14(16)17/h3-6,12H,7-8H2,1-2H3;2-5,9H,6-7H2,1H3,(H,12,15). The number of carbonyl (C=O) groups is 2. The van der Waals surface area contributed by atoms with Crippen LogP contribution in [0.15, 0.2) is 48.5 Å². The van der Waals surface area contributed by atoms with E-state index in [1.807, 2.05) is 0 Å². The molecule has 2 aliphatic rings. The fourth-order valence-electron chi connectivity index (χ4n) is 3.81. The van der Waals surface area contributed by atoms with Gasteiger partial charge in [-0.05, 0) is 24.3 Å². The lowest BCUT2D eigenvalue weighted by Crippen LogP contribution is -2.59. The predicted molar refractivity (Wildman–Crippen MR) is 130 cm³/mol. The zero-order chi connectivity index (χ0) is 25.7. The van der Waals surface area contributed by atoms with Crippen molar-refractivity contribution in [3.05, 3.63) is 68.8 Å². The summed E-state index contributed by atoms with van der Waals surface area (Å²) in [6.45, 7) is 6.08. The molecule has 186 valence electrons. The second kappa shape index (κ2) is 10.8. The fourth-order valence-corrected chi connectivity index (χ4v) is 3.81. The number of nitro benzene ring substituents is 2. The lowest BCUT2D eigenvalue weighted by molar-refractivity contribution is -0.385. The number of benzene rings is 2. The molecule has 2 aromatic carbocycles. The summed E-state index contributed by atoms with van der Waals surface area (Å²) in [7, 11) is 1.79. The number of hydrogen-bond donors (Lipinski definition) is 1. The molecule has 2 fully saturated rings. The van der Waals surface area contributed by atoms with Gasteiger partial charge in [-0.15, -0.1) is 0 Å². The maximum absolute atomic E-state index is 11.2. The molecule has 12 heteroatoms. The zero-order valence-electron chi connectivity index (χ0n) is 19.8. The molecule has 0 unspecified atom stereocenters. The van der Waals surface area contributed by atoms with Crippen molar-refractivity contribution in [3.63, 3.8) is 0 Å². The smallest absolute Gasteiger partial charge is 0.269 e. The summed E-state index contributed by atoms with van der Waals surface area (Å²) in [6.07, 6.45) is 0. The van der Waals surface area contributed by atoms with Crippen molar-refractivity contribution in [2.75, 3.05) is 43.0 Å². The molecule has 0 saturated carbocycles. The maximum atomic E-state index is 11.2. The second-order valence-electron chi connectivity index (χ2n) is 8.54.